The van der Waals surface area contributed by atoms with Gasteiger partial charge in [-0.25, -0.2) is 9.88 Å². The summed E-state index contributed by atoms with van der Waals surface area (Å²) < 4.78 is 1.12. The molecular formula is C30H26N4O3S. The molecule has 1 saturated heterocycles. The minimum absolute atomic E-state index is 0.0225. The molecule has 0 bridgehead atoms. The van der Waals surface area contributed by atoms with E-state index in [2.05, 4.69) is 18.0 Å². The molecule has 6 rings (SSSR count). The molecule has 3 heterocycles. The first-order chi connectivity index (χ1) is 18.4. The SMILES string of the molecule is CC(=O)N(CCc1c[nH]c2ccccc12)C1CC(=O)N(c2ccc(-c3nc4ccc(C)cc4s3)cc2)C1=O. The number of hydrogen-bond acceptors (Lipinski definition) is 5. The molecule has 3 aromatic carbocycles. The lowest BCUT2D eigenvalue weighted by atomic mass is 10.1. The van der Waals surface area contributed by atoms with Crippen LogP contribution in [0.15, 0.2) is 72.9 Å². The molecular weight excluding hydrogens is 496 g/mol. The lowest BCUT2D eigenvalue weighted by molar-refractivity contribution is -0.136. The highest BCUT2D eigenvalue weighted by molar-refractivity contribution is 7.21. The average molecular weight is 523 g/mol. The van der Waals surface area contributed by atoms with Crippen LogP contribution < -0.4 is 4.90 Å². The summed E-state index contributed by atoms with van der Waals surface area (Å²) in [6, 6.07) is 20.7. The maximum Gasteiger partial charge on any atom is 0.257 e. The topological polar surface area (TPSA) is 86.4 Å². The van der Waals surface area contributed by atoms with Gasteiger partial charge in [-0.15, -0.1) is 11.3 Å². The van der Waals surface area contributed by atoms with Crippen LogP contribution in [0.5, 0.6) is 0 Å². The Hall–Kier alpha value is -4.30. The van der Waals surface area contributed by atoms with Gasteiger partial charge in [0.25, 0.3) is 5.91 Å². The van der Waals surface area contributed by atoms with Crippen LogP contribution in [0.2, 0.25) is 0 Å². The number of anilines is 1. The van der Waals surface area contributed by atoms with Gasteiger partial charge < -0.3 is 9.88 Å². The van der Waals surface area contributed by atoms with E-state index in [1.54, 1.807) is 23.5 Å². The summed E-state index contributed by atoms with van der Waals surface area (Å²) in [5.74, 6) is -0.895. The van der Waals surface area contributed by atoms with E-state index in [-0.39, 0.29) is 24.1 Å². The fraction of sp³-hybridized carbons (Fsp3) is 0.200. The number of amides is 3. The number of imide groups is 1. The number of benzene rings is 3. The number of nitrogens with one attached hydrogen (secondary N) is 1. The van der Waals surface area contributed by atoms with Crippen LogP contribution >= 0.6 is 11.3 Å². The summed E-state index contributed by atoms with van der Waals surface area (Å²) >= 11 is 1.61. The van der Waals surface area contributed by atoms with Gasteiger partial charge in [0.15, 0.2) is 0 Å². The highest BCUT2D eigenvalue weighted by atomic mass is 32.1. The van der Waals surface area contributed by atoms with Crippen molar-refractivity contribution in [1.82, 2.24) is 14.9 Å². The molecule has 7 nitrogen and oxygen atoms in total. The normalized spacial score (nSPS) is 15.6. The highest BCUT2D eigenvalue weighted by Gasteiger charge is 2.43. The summed E-state index contributed by atoms with van der Waals surface area (Å²) in [4.78, 5) is 49.7. The molecule has 190 valence electrons. The summed E-state index contributed by atoms with van der Waals surface area (Å²) in [5.41, 5.74) is 5.66. The number of hydrogen-bond donors (Lipinski definition) is 1. The van der Waals surface area contributed by atoms with Crippen molar-refractivity contribution in [1.29, 1.82) is 0 Å². The molecule has 2 aromatic heterocycles. The van der Waals surface area contributed by atoms with Crippen LogP contribution in [0.4, 0.5) is 5.69 Å². The summed E-state index contributed by atoms with van der Waals surface area (Å²) in [6.07, 6.45) is 2.49. The molecule has 1 N–H and O–H groups in total. The first kappa shape index (κ1) is 24.1. The molecule has 0 saturated carbocycles. The van der Waals surface area contributed by atoms with Crippen molar-refractivity contribution in [2.24, 2.45) is 0 Å². The largest absolute Gasteiger partial charge is 0.361 e. The van der Waals surface area contributed by atoms with Crippen LogP contribution in [0.25, 0.3) is 31.7 Å². The second-order valence-electron chi connectivity index (χ2n) is 9.65. The minimum atomic E-state index is -0.808. The van der Waals surface area contributed by atoms with E-state index in [1.807, 2.05) is 54.7 Å². The van der Waals surface area contributed by atoms with Gasteiger partial charge in [-0.3, -0.25) is 14.4 Å². The van der Waals surface area contributed by atoms with E-state index in [0.717, 1.165) is 37.3 Å². The quantitative estimate of drug-likeness (QED) is 0.300. The van der Waals surface area contributed by atoms with Gasteiger partial charge >= 0.3 is 0 Å². The predicted molar refractivity (Wildman–Crippen MR) is 150 cm³/mol. The van der Waals surface area contributed by atoms with Crippen molar-refractivity contribution in [3.05, 3.63) is 84.1 Å². The molecule has 1 atom stereocenters. The second-order valence-corrected chi connectivity index (χ2v) is 10.7. The Bertz CT molecular complexity index is 1700. The van der Waals surface area contributed by atoms with Gasteiger partial charge in [-0.2, -0.15) is 0 Å². The number of fused-ring (bicyclic) bond motifs is 2. The Labute approximate surface area is 223 Å². The molecule has 0 radical (unpaired) electrons. The summed E-state index contributed by atoms with van der Waals surface area (Å²) in [7, 11) is 0. The molecule has 1 aliphatic heterocycles. The number of thiazole rings is 1. The molecule has 1 fully saturated rings. The van der Waals surface area contributed by atoms with Crippen molar-refractivity contribution in [3.8, 4) is 10.6 Å². The van der Waals surface area contributed by atoms with Crippen molar-refractivity contribution < 1.29 is 14.4 Å². The van der Waals surface area contributed by atoms with Crippen LogP contribution in [-0.4, -0.2) is 45.2 Å². The number of aryl methyl sites for hydroxylation is 1. The van der Waals surface area contributed by atoms with Crippen LogP contribution in [0.1, 0.15) is 24.5 Å². The average Bonchev–Trinajstić information content (AvgIpc) is 3.59. The van der Waals surface area contributed by atoms with E-state index in [9.17, 15) is 14.4 Å². The third kappa shape index (κ3) is 4.26. The Kier molecular flexibility index (Phi) is 6.04. The van der Waals surface area contributed by atoms with Gasteiger partial charge in [0, 0.05) is 36.1 Å². The molecule has 5 aromatic rings. The third-order valence-corrected chi connectivity index (χ3v) is 8.18. The fourth-order valence-corrected chi connectivity index (χ4v) is 6.22. The summed E-state index contributed by atoms with van der Waals surface area (Å²) in [6.45, 7) is 3.86. The number of aromatic amines is 1. The lowest BCUT2D eigenvalue weighted by Gasteiger charge is -2.26. The number of aromatic nitrogens is 2. The first-order valence-corrected chi connectivity index (χ1v) is 13.4. The molecule has 1 aliphatic rings. The lowest BCUT2D eigenvalue weighted by Crippen LogP contribution is -2.45. The highest BCUT2D eigenvalue weighted by Crippen LogP contribution is 2.33. The van der Waals surface area contributed by atoms with Crippen LogP contribution in [0.3, 0.4) is 0 Å². The van der Waals surface area contributed by atoms with Crippen LogP contribution in [-0.2, 0) is 20.8 Å². The zero-order chi connectivity index (χ0) is 26.4. The van der Waals surface area contributed by atoms with E-state index in [1.165, 1.54) is 22.3 Å². The Morgan fingerprint density at radius 3 is 2.68 bits per heavy atom. The number of carbonyl (C=O) groups excluding carboxylic acids is 3. The standard InChI is InChI=1S/C30H26N4O3S/c1-18-7-12-25-27(15-18)38-29(32-25)20-8-10-22(11-9-20)34-28(36)16-26(30(34)37)33(19(2)35)14-13-21-17-31-24-6-4-3-5-23(21)24/h3-12,15,17,26,31H,13-14,16H2,1-2H3. The van der Waals surface area contributed by atoms with E-state index in [4.69, 9.17) is 4.98 Å². The first-order valence-electron chi connectivity index (χ1n) is 12.6. The Morgan fingerprint density at radius 2 is 1.89 bits per heavy atom. The number of rotatable bonds is 6. The molecule has 38 heavy (non-hydrogen) atoms. The monoisotopic (exact) mass is 522 g/mol. The molecule has 0 aliphatic carbocycles. The van der Waals surface area contributed by atoms with E-state index in [0.29, 0.717) is 18.7 Å². The zero-order valence-electron chi connectivity index (χ0n) is 21.1. The van der Waals surface area contributed by atoms with Gasteiger partial charge in [-0.05, 0) is 66.9 Å². The third-order valence-electron chi connectivity index (χ3n) is 7.12. The van der Waals surface area contributed by atoms with Crippen molar-refractivity contribution >= 4 is 55.9 Å². The second kappa shape index (κ2) is 9.54. The van der Waals surface area contributed by atoms with Crippen molar-refractivity contribution in [3.63, 3.8) is 0 Å². The van der Waals surface area contributed by atoms with E-state index < -0.39 is 6.04 Å². The summed E-state index contributed by atoms with van der Waals surface area (Å²) in [5, 5.41) is 1.98. The number of carbonyl (C=O) groups is 3. The van der Waals surface area contributed by atoms with E-state index >= 15 is 0 Å². The zero-order valence-corrected chi connectivity index (χ0v) is 21.9. The number of para-hydroxylation sites is 1. The van der Waals surface area contributed by atoms with Gasteiger partial charge in [0.1, 0.15) is 11.0 Å². The molecule has 0 spiro atoms. The number of H-pyrrole nitrogens is 1. The maximum atomic E-state index is 13.4. The van der Waals surface area contributed by atoms with Gasteiger partial charge in [0.05, 0.1) is 22.3 Å². The Balaban J connectivity index is 1.20. The maximum absolute atomic E-state index is 13.4. The predicted octanol–water partition coefficient (Wildman–Crippen LogP) is 5.48. The molecule has 1 unspecified atom stereocenters. The van der Waals surface area contributed by atoms with Crippen molar-refractivity contribution in [2.75, 3.05) is 11.4 Å². The molecule has 3 amide bonds. The smallest absolute Gasteiger partial charge is 0.257 e. The number of nitrogens with zero attached hydrogens (tertiary/aromatic N) is 3. The van der Waals surface area contributed by atoms with Crippen molar-refractivity contribution in [2.45, 2.75) is 32.7 Å². The Morgan fingerprint density at radius 1 is 1.11 bits per heavy atom. The van der Waals surface area contributed by atoms with Crippen LogP contribution in [0, 0.1) is 6.92 Å². The minimum Gasteiger partial charge on any atom is -0.361 e. The molecule has 8 heteroatoms. The van der Waals surface area contributed by atoms with Gasteiger partial charge in [-0.1, -0.05) is 24.3 Å². The fourth-order valence-electron chi connectivity index (χ4n) is 5.15. The van der Waals surface area contributed by atoms with Gasteiger partial charge in [0.2, 0.25) is 11.8 Å².